The van der Waals surface area contributed by atoms with Crippen LogP contribution in [0.15, 0.2) is 48.0 Å². The number of hydrogen-bond donors (Lipinski definition) is 1. The van der Waals surface area contributed by atoms with Crippen molar-refractivity contribution in [2.75, 3.05) is 36.9 Å². The maximum atomic E-state index is 13.6. The quantitative estimate of drug-likeness (QED) is 0.218. The number of rotatable bonds is 12. The number of carbonyl (C=O) groups is 2. The molecular formula is C33H53N5O4S. The van der Waals surface area contributed by atoms with Crippen LogP contribution in [-0.2, 0) is 4.74 Å². The average Bonchev–Trinajstić information content (AvgIpc) is 3.49. The molecule has 240 valence electrons. The molecule has 0 aliphatic carbocycles. The van der Waals surface area contributed by atoms with E-state index in [0.29, 0.717) is 49.0 Å². The third-order valence-electron chi connectivity index (χ3n) is 5.94. The fraction of sp³-hybridized carbons (Fsp3) is 0.515. The van der Waals surface area contributed by atoms with Crippen molar-refractivity contribution < 1.29 is 20.5 Å². The molecule has 10 heteroatoms. The predicted octanol–water partition coefficient (Wildman–Crippen LogP) is 8.62. The molecular weight excluding hydrogens is 562 g/mol. The summed E-state index contributed by atoms with van der Waals surface area (Å²) in [5.74, 6) is 0.986. The lowest BCUT2D eigenvalue weighted by Crippen LogP contribution is -2.35. The Bertz CT molecular complexity index is 1270. The van der Waals surface area contributed by atoms with Crippen LogP contribution in [0.4, 0.5) is 16.4 Å². The van der Waals surface area contributed by atoms with E-state index in [1.54, 1.807) is 34.4 Å². The minimum atomic E-state index is -0.559. The number of aromatic nitrogens is 2. The first-order valence-corrected chi connectivity index (χ1v) is 15.5. The van der Waals surface area contributed by atoms with E-state index in [0.717, 1.165) is 17.0 Å². The van der Waals surface area contributed by atoms with Gasteiger partial charge in [0, 0.05) is 57.4 Å². The van der Waals surface area contributed by atoms with Gasteiger partial charge in [0.2, 0.25) is 5.95 Å². The molecule has 0 bridgehead atoms. The van der Waals surface area contributed by atoms with Crippen molar-refractivity contribution in [3.63, 3.8) is 0 Å². The normalized spacial score (nSPS) is 11.3. The van der Waals surface area contributed by atoms with Gasteiger partial charge in [0.15, 0.2) is 0 Å². The molecule has 0 saturated carbocycles. The molecule has 1 aromatic carbocycles. The monoisotopic (exact) mass is 615 g/mol. The molecule has 1 atom stereocenters. The Morgan fingerprint density at radius 1 is 1.12 bits per heavy atom. The zero-order valence-electron chi connectivity index (χ0n) is 26.6. The number of nitrogens with zero attached hydrogens (tertiary/aromatic N) is 4. The van der Waals surface area contributed by atoms with E-state index in [1.165, 1.54) is 0 Å². The highest BCUT2D eigenvalue weighted by Gasteiger charge is 2.24. The SMILES string of the molecule is C.CC.CCCN(C(=O)c1cnc(NCC)nc1C)c1cccc(O[C@@H](CCN(C)C(=O)OC(C)(C)C)c2cccs2)c1.[HH]. The average molecular weight is 616 g/mol. The molecule has 2 amide bonds. The molecule has 1 N–H and O–H groups in total. The Morgan fingerprint density at radius 3 is 2.42 bits per heavy atom. The van der Waals surface area contributed by atoms with Gasteiger partial charge in [-0.3, -0.25) is 4.79 Å². The van der Waals surface area contributed by atoms with Gasteiger partial charge in [-0.25, -0.2) is 14.8 Å². The fourth-order valence-electron chi connectivity index (χ4n) is 4.00. The summed E-state index contributed by atoms with van der Waals surface area (Å²) < 4.78 is 12.0. The van der Waals surface area contributed by atoms with Crippen LogP contribution in [0.1, 0.15) is 97.2 Å². The van der Waals surface area contributed by atoms with Crippen molar-refractivity contribution in [1.82, 2.24) is 14.9 Å². The topological polar surface area (TPSA) is 96.9 Å². The first kappa shape index (κ1) is 37.4. The summed E-state index contributed by atoms with van der Waals surface area (Å²) in [6.07, 6.45) is 2.30. The molecule has 0 spiro atoms. The summed E-state index contributed by atoms with van der Waals surface area (Å²) >= 11 is 1.60. The molecule has 3 rings (SSSR count). The zero-order chi connectivity index (χ0) is 31.3. The van der Waals surface area contributed by atoms with E-state index in [4.69, 9.17) is 9.47 Å². The van der Waals surface area contributed by atoms with Gasteiger partial charge < -0.3 is 24.6 Å². The zero-order valence-corrected chi connectivity index (χ0v) is 27.4. The lowest BCUT2D eigenvalue weighted by molar-refractivity contribution is 0.0279. The summed E-state index contributed by atoms with van der Waals surface area (Å²) in [6, 6.07) is 11.6. The number of anilines is 2. The maximum Gasteiger partial charge on any atom is 0.410 e. The molecule has 9 nitrogen and oxygen atoms in total. The highest BCUT2D eigenvalue weighted by molar-refractivity contribution is 7.10. The summed E-state index contributed by atoms with van der Waals surface area (Å²) in [5.41, 5.74) is 1.26. The Kier molecular flexibility index (Phi) is 15.7. The van der Waals surface area contributed by atoms with Gasteiger partial charge in [0.25, 0.3) is 5.91 Å². The molecule has 0 radical (unpaired) electrons. The largest absolute Gasteiger partial charge is 0.485 e. The molecule has 0 aliphatic rings. The lowest BCUT2D eigenvalue weighted by atomic mass is 10.1. The number of amides is 2. The number of ether oxygens (including phenoxy) is 2. The summed E-state index contributed by atoms with van der Waals surface area (Å²) in [6.45, 7) is 17.1. The maximum absolute atomic E-state index is 13.6. The predicted molar refractivity (Wildman–Crippen MR) is 181 cm³/mol. The molecule has 0 unspecified atom stereocenters. The van der Waals surface area contributed by atoms with Crippen molar-refractivity contribution in [2.45, 2.75) is 87.4 Å². The Morgan fingerprint density at radius 2 is 1.84 bits per heavy atom. The van der Waals surface area contributed by atoms with Crippen molar-refractivity contribution in [2.24, 2.45) is 0 Å². The fourth-order valence-corrected chi connectivity index (χ4v) is 4.79. The number of benzene rings is 1. The summed E-state index contributed by atoms with van der Waals surface area (Å²) in [4.78, 5) is 39.2. The highest BCUT2D eigenvalue weighted by Crippen LogP contribution is 2.31. The van der Waals surface area contributed by atoms with Crippen molar-refractivity contribution in [1.29, 1.82) is 0 Å². The number of thiophene rings is 1. The molecule has 2 heterocycles. The second-order valence-corrected chi connectivity index (χ2v) is 11.5. The van der Waals surface area contributed by atoms with E-state index in [2.05, 4.69) is 15.3 Å². The smallest absolute Gasteiger partial charge is 0.410 e. The van der Waals surface area contributed by atoms with Crippen LogP contribution in [0, 0.1) is 6.92 Å². The van der Waals surface area contributed by atoms with E-state index in [-0.39, 0.29) is 27.0 Å². The molecule has 3 aromatic rings. The molecule has 0 fully saturated rings. The second kappa shape index (κ2) is 18.1. The van der Waals surface area contributed by atoms with E-state index in [1.807, 2.05) is 97.2 Å². The minimum absolute atomic E-state index is 0. The molecule has 0 aliphatic heterocycles. The van der Waals surface area contributed by atoms with Gasteiger partial charge in [0.1, 0.15) is 17.5 Å². The highest BCUT2D eigenvalue weighted by atomic mass is 32.1. The number of carbonyl (C=O) groups excluding carboxylic acids is 2. The van der Waals surface area contributed by atoms with Gasteiger partial charge >= 0.3 is 6.09 Å². The van der Waals surface area contributed by atoms with Crippen LogP contribution >= 0.6 is 11.3 Å². The van der Waals surface area contributed by atoms with Crippen LogP contribution in [0.25, 0.3) is 0 Å². The van der Waals surface area contributed by atoms with Crippen molar-refractivity contribution >= 4 is 35.0 Å². The van der Waals surface area contributed by atoms with Crippen LogP contribution < -0.4 is 15.0 Å². The summed E-state index contributed by atoms with van der Waals surface area (Å²) in [5, 5.41) is 5.09. The Hall–Kier alpha value is -3.66. The minimum Gasteiger partial charge on any atom is -0.485 e. The van der Waals surface area contributed by atoms with Gasteiger partial charge in [-0.2, -0.15) is 0 Å². The molecule has 43 heavy (non-hydrogen) atoms. The van der Waals surface area contributed by atoms with Crippen LogP contribution in [0.2, 0.25) is 0 Å². The van der Waals surface area contributed by atoms with Crippen molar-refractivity contribution in [3.05, 3.63) is 64.1 Å². The van der Waals surface area contributed by atoms with E-state index < -0.39 is 5.60 Å². The number of aryl methyl sites for hydroxylation is 1. The van der Waals surface area contributed by atoms with Gasteiger partial charge in [0.05, 0.1) is 11.3 Å². The number of nitrogens with one attached hydrogen (secondary N) is 1. The van der Waals surface area contributed by atoms with Gasteiger partial charge in [-0.05, 0) is 64.6 Å². The first-order valence-electron chi connectivity index (χ1n) is 14.7. The van der Waals surface area contributed by atoms with E-state index in [9.17, 15) is 9.59 Å². The summed E-state index contributed by atoms with van der Waals surface area (Å²) in [7, 11) is 1.73. The van der Waals surface area contributed by atoms with E-state index >= 15 is 0 Å². The van der Waals surface area contributed by atoms with Gasteiger partial charge in [-0.15, -0.1) is 11.3 Å². The number of hydrogen-bond acceptors (Lipinski definition) is 8. The van der Waals surface area contributed by atoms with Crippen LogP contribution in [0.3, 0.4) is 0 Å². The third kappa shape index (κ3) is 11.5. The Balaban J connectivity index is 0.00000453. The first-order chi connectivity index (χ1) is 20.0. The van der Waals surface area contributed by atoms with Crippen LogP contribution in [-0.4, -0.2) is 59.2 Å². The molecule has 0 saturated heterocycles. The third-order valence-corrected chi connectivity index (χ3v) is 6.90. The molecule has 2 aromatic heterocycles. The van der Waals surface area contributed by atoms with Crippen molar-refractivity contribution in [3.8, 4) is 5.75 Å². The van der Waals surface area contributed by atoms with Gasteiger partial charge in [-0.1, -0.05) is 40.3 Å². The lowest BCUT2D eigenvalue weighted by Gasteiger charge is -2.27. The standard InChI is InChI=1S/C30H41N5O4S.C2H6.CH4.H2/c1-8-16-35(27(36)24-20-32-28(31-9-2)33-21(24)3)22-12-10-13-23(19-22)38-25(26-14-11-18-40-26)15-17-34(7)29(37)39-30(4,5)6;1-2;;/h10-14,18-20,25H,8-9,15-17H2,1-7H3,(H,31,32,33);1-2H3;1H4;1H/t25-;;;/m0.../s1. The Labute approximate surface area is 264 Å². The second-order valence-electron chi connectivity index (χ2n) is 10.5. The van der Waals surface area contributed by atoms with Crippen LogP contribution in [0.5, 0.6) is 5.75 Å².